The molecule has 0 spiro atoms. The molecule has 2 heterocycles. The summed E-state index contributed by atoms with van der Waals surface area (Å²) in [4.78, 5) is 22.2. The zero-order valence-corrected chi connectivity index (χ0v) is 18.5. The summed E-state index contributed by atoms with van der Waals surface area (Å²) in [6.45, 7) is 8.05. The van der Waals surface area contributed by atoms with Gasteiger partial charge in [-0.25, -0.2) is 0 Å². The average molecular weight is 417 g/mol. The van der Waals surface area contributed by atoms with Gasteiger partial charge in [0.2, 0.25) is 5.91 Å². The molecule has 3 aliphatic rings. The second-order valence-corrected chi connectivity index (χ2v) is 8.66. The largest absolute Gasteiger partial charge is 0.493 e. The summed E-state index contributed by atoms with van der Waals surface area (Å²) < 4.78 is 10.8. The first-order valence-electron chi connectivity index (χ1n) is 11.4. The van der Waals surface area contributed by atoms with Crippen molar-refractivity contribution in [3.8, 4) is 11.5 Å². The standard InChI is InChI=1S/C23H36N4O3/c1-29-21-8-7-20(17-22(21)30-2)26-11-9-24(10-12-26)18-23(28)27-15-13-25(14-16-27)19-5-3-4-6-19/h7-8,17,19H,3-6,9-16,18H2,1-2H3. The molecule has 2 saturated heterocycles. The number of hydrogen-bond acceptors (Lipinski definition) is 6. The molecule has 0 atom stereocenters. The van der Waals surface area contributed by atoms with Gasteiger partial charge in [0.1, 0.15) is 0 Å². The molecule has 166 valence electrons. The second kappa shape index (κ2) is 9.88. The van der Waals surface area contributed by atoms with Crippen LogP contribution in [0.15, 0.2) is 18.2 Å². The van der Waals surface area contributed by atoms with E-state index in [1.165, 1.54) is 25.7 Å². The van der Waals surface area contributed by atoms with Crippen molar-refractivity contribution in [3.05, 3.63) is 18.2 Å². The summed E-state index contributed by atoms with van der Waals surface area (Å²) in [5.74, 6) is 1.79. The van der Waals surface area contributed by atoms with E-state index >= 15 is 0 Å². The fourth-order valence-corrected chi connectivity index (χ4v) is 5.08. The van der Waals surface area contributed by atoms with Crippen molar-refractivity contribution < 1.29 is 14.3 Å². The molecule has 1 aromatic carbocycles. The Labute approximate surface area is 180 Å². The summed E-state index contributed by atoms with van der Waals surface area (Å²) in [6, 6.07) is 6.83. The van der Waals surface area contributed by atoms with Crippen LogP contribution in [0.3, 0.4) is 0 Å². The lowest BCUT2D eigenvalue weighted by Crippen LogP contribution is -2.55. The highest BCUT2D eigenvalue weighted by atomic mass is 16.5. The highest BCUT2D eigenvalue weighted by molar-refractivity contribution is 5.78. The van der Waals surface area contributed by atoms with E-state index in [0.29, 0.717) is 12.5 Å². The van der Waals surface area contributed by atoms with Crippen LogP contribution in [0.25, 0.3) is 0 Å². The van der Waals surface area contributed by atoms with Gasteiger partial charge in [0, 0.05) is 70.2 Å². The van der Waals surface area contributed by atoms with Crippen LogP contribution in [0.1, 0.15) is 25.7 Å². The topological polar surface area (TPSA) is 48.5 Å². The van der Waals surface area contributed by atoms with E-state index in [1.807, 2.05) is 12.1 Å². The average Bonchev–Trinajstić information content (AvgIpc) is 3.34. The Morgan fingerprint density at radius 2 is 1.57 bits per heavy atom. The Morgan fingerprint density at radius 1 is 0.900 bits per heavy atom. The number of hydrogen-bond donors (Lipinski definition) is 0. The summed E-state index contributed by atoms with van der Waals surface area (Å²) in [5, 5.41) is 0. The minimum absolute atomic E-state index is 0.292. The van der Waals surface area contributed by atoms with Crippen molar-refractivity contribution in [2.75, 3.05) is 78.0 Å². The zero-order chi connectivity index (χ0) is 20.9. The van der Waals surface area contributed by atoms with Crippen LogP contribution < -0.4 is 14.4 Å². The molecule has 0 radical (unpaired) electrons. The Hall–Kier alpha value is -1.99. The maximum Gasteiger partial charge on any atom is 0.236 e. The number of ether oxygens (including phenoxy) is 2. The number of carbonyl (C=O) groups excluding carboxylic acids is 1. The lowest BCUT2D eigenvalue weighted by atomic mass is 10.2. The molecule has 7 nitrogen and oxygen atoms in total. The van der Waals surface area contributed by atoms with Gasteiger partial charge in [-0.1, -0.05) is 12.8 Å². The molecule has 4 rings (SSSR count). The molecule has 0 aromatic heterocycles. The molecule has 0 N–H and O–H groups in total. The first-order chi connectivity index (χ1) is 14.7. The van der Waals surface area contributed by atoms with E-state index in [1.54, 1.807) is 14.2 Å². The Kier molecular flexibility index (Phi) is 7.00. The van der Waals surface area contributed by atoms with Gasteiger partial charge in [-0.15, -0.1) is 0 Å². The number of piperazine rings is 2. The number of benzene rings is 1. The maximum atomic E-state index is 12.8. The summed E-state index contributed by atoms with van der Waals surface area (Å²) in [7, 11) is 3.32. The van der Waals surface area contributed by atoms with Crippen molar-refractivity contribution in [1.82, 2.24) is 14.7 Å². The molecule has 3 fully saturated rings. The number of carbonyl (C=O) groups is 1. The van der Waals surface area contributed by atoms with Gasteiger partial charge in [0.15, 0.2) is 11.5 Å². The third kappa shape index (κ3) is 4.83. The first-order valence-corrected chi connectivity index (χ1v) is 11.4. The Morgan fingerprint density at radius 3 is 2.20 bits per heavy atom. The first kappa shape index (κ1) is 21.2. The summed E-state index contributed by atoms with van der Waals surface area (Å²) >= 11 is 0. The summed E-state index contributed by atoms with van der Waals surface area (Å²) in [6.07, 6.45) is 5.44. The Balaban J connectivity index is 1.22. The van der Waals surface area contributed by atoms with E-state index in [2.05, 4.69) is 25.7 Å². The molecule has 1 aromatic rings. The highest BCUT2D eigenvalue weighted by Crippen LogP contribution is 2.32. The quantitative estimate of drug-likeness (QED) is 0.706. The van der Waals surface area contributed by atoms with Gasteiger partial charge >= 0.3 is 0 Å². The molecule has 30 heavy (non-hydrogen) atoms. The molecular formula is C23H36N4O3. The van der Waals surface area contributed by atoms with Gasteiger partial charge in [0.05, 0.1) is 20.8 Å². The van der Waals surface area contributed by atoms with E-state index in [-0.39, 0.29) is 0 Å². The molecule has 2 aliphatic heterocycles. The van der Waals surface area contributed by atoms with Crippen LogP contribution in [0.2, 0.25) is 0 Å². The lowest BCUT2D eigenvalue weighted by molar-refractivity contribution is -0.134. The monoisotopic (exact) mass is 416 g/mol. The zero-order valence-electron chi connectivity index (χ0n) is 18.5. The number of methoxy groups -OCH3 is 2. The Bertz CT molecular complexity index is 706. The van der Waals surface area contributed by atoms with Crippen molar-refractivity contribution in [2.45, 2.75) is 31.7 Å². The van der Waals surface area contributed by atoms with Crippen LogP contribution in [0, 0.1) is 0 Å². The third-order valence-corrected chi connectivity index (χ3v) is 6.97. The van der Waals surface area contributed by atoms with E-state index in [0.717, 1.165) is 75.6 Å². The molecular weight excluding hydrogens is 380 g/mol. The normalized spacial score (nSPS) is 21.8. The maximum absolute atomic E-state index is 12.8. The third-order valence-electron chi connectivity index (χ3n) is 6.97. The fourth-order valence-electron chi connectivity index (χ4n) is 5.08. The lowest BCUT2D eigenvalue weighted by Gasteiger charge is -2.40. The minimum atomic E-state index is 0.292. The van der Waals surface area contributed by atoms with E-state index in [9.17, 15) is 4.79 Å². The molecule has 0 unspecified atom stereocenters. The van der Waals surface area contributed by atoms with Gasteiger partial charge in [-0.2, -0.15) is 0 Å². The van der Waals surface area contributed by atoms with Gasteiger partial charge in [-0.3, -0.25) is 14.6 Å². The minimum Gasteiger partial charge on any atom is -0.493 e. The predicted octanol–water partition coefficient (Wildman–Crippen LogP) is 1.91. The van der Waals surface area contributed by atoms with Crippen LogP contribution >= 0.6 is 0 Å². The highest BCUT2D eigenvalue weighted by Gasteiger charge is 2.29. The van der Waals surface area contributed by atoms with Crippen LogP contribution in [-0.4, -0.2) is 99.8 Å². The van der Waals surface area contributed by atoms with E-state index < -0.39 is 0 Å². The molecule has 0 bridgehead atoms. The SMILES string of the molecule is COc1ccc(N2CCN(CC(=O)N3CCN(C4CCCC4)CC3)CC2)cc1OC. The molecule has 7 heteroatoms. The molecule has 1 amide bonds. The van der Waals surface area contributed by atoms with E-state index in [4.69, 9.17) is 9.47 Å². The number of anilines is 1. The van der Waals surface area contributed by atoms with Crippen LogP contribution in [0.4, 0.5) is 5.69 Å². The summed E-state index contributed by atoms with van der Waals surface area (Å²) in [5.41, 5.74) is 1.14. The van der Waals surface area contributed by atoms with Gasteiger partial charge in [-0.05, 0) is 25.0 Å². The van der Waals surface area contributed by atoms with Gasteiger partial charge < -0.3 is 19.3 Å². The molecule has 1 aliphatic carbocycles. The van der Waals surface area contributed by atoms with Gasteiger partial charge in [0.25, 0.3) is 0 Å². The fraction of sp³-hybridized carbons (Fsp3) is 0.696. The van der Waals surface area contributed by atoms with Crippen LogP contribution in [0.5, 0.6) is 11.5 Å². The number of nitrogens with zero attached hydrogens (tertiary/aromatic N) is 4. The van der Waals surface area contributed by atoms with Crippen molar-refractivity contribution in [3.63, 3.8) is 0 Å². The van der Waals surface area contributed by atoms with Crippen molar-refractivity contribution in [2.24, 2.45) is 0 Å². The smallest absolute Gasteiger partial charge is 0.236 e. The predicted molar refractivity (Wildman–Crippen MR) is 119 cm³/mol. The number of amides is 1. The molecule has 1 saturated carbocycles. The van der Waals surface area contributed by atoms with Crippen molar-refractivity contribution >= 4 is 11.6 Å². The van der Waals surface area contributed by atoms with Crippen molar-refractivity contribution in [1.29, 1.82) is 0 Å². The van der Waals surface area contributed by atoms with Crippen LogP contribution in [-0.2, 0) is 4.79 Å². The number of rotatable bonds is 6. The second-order valence-electron chi connectivity index (χ2n) is 8.66.